The Morgan fingerprint density at radius 1 is 1.54 bits per heavy atom. The Labute approximate surface area is 76.7 Å². The van der Waals surface area contributed by atoms with E-state index in [4.69, 9.17) is 0 Å². The summed E-state index contributed by atoms with van der Waals surface area (Å²) in [5.74, 6) is 0.463. The minimum atomic E-state index is -0.213. The number of nitrogens with one attached hydrogen (secondary N) is 1. The van der Waals surface area contributed by atoms with Crippen LogP contribution in [0.3, 0.4) is 0 Å². The number of esters is 1. The molecule has 0 fully saturated rings. The molecule has 1 aromatic heterocycles. The van der Waals surface area contributed by atoms with Crippen molar-refractivity contribution >= 4 is 5.97 Å². The average Bonchev–Trinajstić information content (AvgIpc) is 2.37. The number of hydrogen-bond acceptors (Lipinski definition) is 5. The fourth-order valence-electron chi connectivity index (χ4n) is 0.544. The van der Waals surface area contributed by atoms with Gasteiger partial charge in [-0.3, -0.25) is 4.79 Å². The van der Waals surface area contributed by atoms with Crippen molar-refractivity contribution in [2.24, 2.45) is 0 Å². The zero-order valence-electron chi connectivity index (χ0n) is 8.24. The van der Waals surface area contributed by atoms with Gasteiger partial charge in [0.25, 0.3) is 0 Å². The van der Waals surface area contributed by atoms with Gasteiger partial charge in [0.2, 0.25) is 0 Å². The van der Waals surface area contributed by atoms with Gasteiger partial charge in [0.15, 0.2) is 5.82 Å². The van der Waals surface area contributed by atoms with Gasteiger partial charge in [-0.15, -0.1) is 10.2 Å². The fraction of sp³-hybridized carbons (Fsp3) is 0.714. The van der Waals surface area contributed by atoms with Gasteiger partial charge < -0.3 is 4.74 Å². The quantitative estimate of drug-likeness (QED) is 0.644. The molecule has 0 spiro atoms. The molecule has 0 aliphatic heterocycles. The monoisotopic (exact) mass is 186 g/mol. The summed E-state index contributed by atoms with van der Waals surface area (Å²) in [6, 6.07) is 0. The summed E-state index contributed by atoms with van der Waals surface area (Å²) in [7, 11) is 0. The number of hydrogen-bond donors (Lipinski definition) is 1. The highest BCUT2D eigenvalue weighted by Gasteiger charge is 1.93. The highest BCUT2D eigenvalue weighted by Crippen LogP contribution is 1.85. The summed E-state index contributed by atoms with van der Waals surface area (Å²) in [6.45, 7) is 6.81. The zero-order valence-corrected chi connectivity index (χ0v) is 8.24. The van der Waals surface area contributed by atoms with Crippen molar-refractivity contribution in [1.82, 2.24) is 20.6 Å². The molecule has 0 radical (unpaired) electrons. The first kappa shape index (κ1) is 11.5. The molecule has 74 valence electrons. The maximum absolute atomic E-state index is 10.0. The maximum Gasteiger partial charge on any atom is 0.302 e. The Balaban J connectivity index is 0.000000223. The van der Waals surface area contributed by atoms with E-state index in [0.717, 1.165) is 0 Å². The van der Waals surface area contributed by atoms with E-state index in [1.807, 2.05) is 13.8 Å². The minimum absolute atomic E-state index is 0.0255. The molecule has 0 atom stereocenters. The van der Waals surface area contributed by atoms with Gasteiger partial charge in [0, 0.05) is 6.92 Å². The lowest BCUT2D eigenvalue weighted by Gasteiger charge is -2.01. The Bertz CT molecular complexity index is 233. The Hall–Kier alpha value is -1.46. The van der Waals surface area contributed by atoms with Crippen LogP contribution in [0.5, 0.6) is 0 Å². The highest BCUT2D eigenvalue weighted by atomic mass is 16.5. The second kappa shape index (κ2) is 6.10. The third-order valence-corrected chi connectivity index (χ3v) is 0.853. The number of carbonyl (C=O) groups is 1. The smallest absolute Gasteiger partial charge is 0.302 e. The molecule has 6 heteroatoms. The molecule has 0 aliphatic carbocycles. The average molecular weight is 186 g/mol. The van der Waals surface area contributed by atoms with E-state index in [0.29, 0.717) is 5.82 Å². The number of rotatable bonds is 1. The second-order valence-electron chi connectivity index (χ2n) is 2.62. The third kappa shape index (κ3) is 8.45. The molecular formula is C7H14N4O2. The molecule has 0 unspecified atom stereocenters. The van der Waals surface area contributed by atoms with Crippen molar-refractivity contribution in [1.29, 1.82) is 0 Å². The summed E-state index contributed by atoms with van der Waals surface area (Å²) in [6.07, 6.45) is 0.0255. The summed E-state index contributed by atoms with van der Waals surface area (Å²) in [4.78, 5) is 10.0. The number of nitrogens with zero attached hydrogens (tertiary/aromatic N) is 3. The molecule has 0 amide bonds. The fourth-order valence-corrected chi connectivity index (χ4v) is 0.544. The molecule has 0 aliphatic rings. The van der Waals surface area contributed by atoms with E-state index in [2.05, 4.69) is 25.4 Å². The third-order valence-electron chi connectivity index (χ3n) is 0.853. The summed E-state index contributed by atoms with van der Waals surface area (Å²) >= 11 is 0. The van der Waals surface area contributed by atoms with E-state index in [-0.39, 0.29) is 12.1 Å². The van der Waals surface area contributed by atoms with Crippen LogP contribution >= 0.6 is 0 Å². The number of tetrazole rings is 1. The van der Waals surface area contributed by atoms with Crippen molar-refractivity contribution in [3.05, 3.63) is 5.82 Å². The predicted molar refractivity (Wildman–Crippen MR) is 45.8 cm³/mol. The molecule has 0 bridgehead atoms. The Kier molecular flexibility index (Phi) is 5.42. The number of H-pyrrole nitrogens is 1. The molecule has 0 saturated heterocycles. The molecule has 1 heterocycles. The molecule has 13 heavy (non-hydrogen) atoms. The predicted octanol–water partition coefficient (Wildman–Crippen LogP) is 0.466. The lowest BCUT2D eigenvalue weighted by molar-refractivity contribution is -0.144. The van der Waals surface area contributed by atoms with Gasteiger partial charge in [-0.2, -0.15) is 5.21 Å². The van der Waals surface area contributed by atoms with Crippen molar-refractivity contribution in [3.8, 4) is 0 Å². The molecule has 1 N–H and O–H groups in total. The number of ether oxygens (including phenoxy) is 1. The summed E-state index contributed by atoms with van der Waals surface area (Å²) in [5, 5.41) is 12.7. The van der Waals surface area contributed by atoms with Crippen LogP contribution in [-0.2, 0) is 9.53 Å². The topological polar surface area (TPSA) is 80.8 Å². The summed E-state index contributed by atoms with van der Waals surface area (Å²) in [5.41, 5.74) is 0. The molecule has 0 saturated carbocycles. The van der Waals surface area contributed by atoms with Crippen LogP contribution in [-0.4, -0.2) is 32.7 Å². The first-order valence-corrected chi connectivity index (χ1v) is 3.89. The largest absolute Gasteiger partial charge is 0.463 e. The van der Waals surface area contributed by atoms with Crippen LogP contribution in [0, 0.1) is 6.92 Å². The SMILES string of the molecule is CC(=O)OC(C)C.Cc1nn[nH]n1. The van der Waals surface area contributed by atoms with Crippen molar-refractivity contribution in [3.63, 3.8) is 0 Å². The lowest BCUT2D eigenvalue weighted by Crippen LogP contribution is -2.06. The van der Waals surface area contributed by atoms with Crippen LogP contribution in [0.4, 0.5) is 0 Å². The number of aromatic amines is 1. The molecule has 6 nitrogen and oxygen atoms in total. The second-order valence-corrected chi connectivity index (χ2v) is 2.62. The first-order valence-electron chi connectivity index (χ1n) is 3.89. The van der Waals surface area contributed by atoms with Crippen LogP contribution in [0.15, 0.2) is 0 Å². The van der Waals surface area contributed by atoms with Gasteiger partial charge >= 0.3 is 5.97 Å². The lowest BCUT2D eigenvalue weighted by atomic mass is 10.5. The van der Waals surface area contributed by atoms with Crippen LogP contribution in [0.2, 0.25) is 0 Å². The Morgan fingerprint density at radius 3 is 2.23 bits per heavy atom. The molecule has 1 aromatic rings. The standard InChI is InChI=1S/C5H10O2.C2H4N4/c1-4(2)7-5(3)6;1-2-3-5-6-4-2/h4H,1-3H3;1H3,(H,3,4,5,6). The molecule has 1 rings (SSSR count). The van der Waals surface area contributed by atoms with Crippen molar-refractivity contribution in [2.75, 3.05) is 0 Å². The minimum Gasteiger partial charge on any atom is -0.463 e. The summed E-state index contributed by atoms with van der Waals surface area (Å²) < 4.78 is 4.61. The number of carbonyl (C=O) groups excluding carboxylic acids is 1. The van der Waals surface area contributed by atoms with Gasteiger partial charge in [-0.1, -0.05) is 5.21 Å². The molecule has 0 aromatic carbocycles. The van der Waals surface area contributed by atoms with Crippen LogP contribution in [0.25, 0.3) is 0 Å². The van der Waals surface area contributed by atoms with Crippen molar-refractivity contribution < 1.29 is 9.53 Å². The van der Waals surface area contributed by atoms with Crippen molar-refractivity contribution in [2.45, 2.75) is 33.8 Å². The van der Waals surface area contributed by atoms with Gasteiger partial charge in [0.1, 0.15) is 0 Å². The zero-order chi connectivity index (χ0) is 10.3. The number of aromatic nitrogens is 4. The Morgan fingerprint density at radius 2 is 2.15 bits per heavy atom. The van der Waals surface area contributed by atoms with Crippen LogP contribution < -0.4 is 0 Å². The normalized spacial score (nSPS) is 9.00. The van der Waals surface area contributed by atoms with Gasteiger partial charge in [-0.25, -0.2) is 0 Å². The molecular weight excluding hydrogens is 172 g/mol. The van der Waals surface area contributed by atoms with E-state index in [9.17, 15) is 4.79 Å². The maximum atomic E-state index is 10.0. The van der Waals surface area contributed by atoms with Gasteiger partial charge in [0.05, 0.1) is 6.10 Å². The van der Waals surface area contributed by atoms with E-state index < -0.39 is 0 Å². The first-order chi connectivity index (χ1) is 6.02. The highest BCUT2D eigenvalue weighted by molar-refractivity contribution is 5.66. The van der Waals surface area contributed by atoms with E-state index in [1.165, 1.54) is 6.92 Å². The van der Waals surface area contributed by atoms with E-state index >= 15 is 0 Å². The van der Waals surface area contributed by atoms with E-state index in [1.54, 1.807) is 6.92 Å². The van der Waals surface area contributed by atoms with Crippen LogP contribution in [0.1, 0.15) is 26.6 Å². The van der Waals surface area contributed by atoms with Gasteiger partial charge in [-0.05, 0) is 20.8 Å². The number of aryl methyl sites for hydroxylation is 1.